The van der Waals surface area contributed by atoms with Crippen LogP contribution in [-0.4, -0.2) is 15.6 Å². The molecule has 0 bridgehead atoms. The lowest BCUT2D eigenvalue weighted by molar-refractivity contribution is 0.0683. The molecule has 0 spiro atoms. The van der Waals surface area contributed by atoms with E-state index in [1.165, 1.54) is 25.7 Å². The maximum Gasteiger partial charge on any atom is 0.352 e. The highest BCUT2D eigenvalue weighted by atomic mass is 79.9. The number of nitrogens with zero attached hydrogens (tertiary/aromatic N) is 1. The first-order valence-electron chi connectivity index (χ1n) is 5.65. The summed E-state index contributed by atoms with van der Waals surface area (Å²) in [5.74, 6) is -0.849. The highest BCUT2D eigenvalue weighted by Crippen LogP contribution is 2.51. The van der Waals surface area contributed by atoms with Crippen molar-refractivity contribution in [2.24, 2.45) is 5.41 Å². The van der Waals surface area contributed by atoms with Crippen LogP contribution in [0.15, 0.2) is 16.7 Å². The molecule has 1 aromatic heterocycles. The van der Waals surface area contributed by atoms with Crippen molar-refractivity contribution in [3.05, 3.63) is 22.4 Å². The Morgan fingerprint density at radius 2 is 2.31 bits per heavy atom. The highest BCUT2D eigenvalue weighted by Gasteiger charge is 2.42. The standard InChI is InChI=1S/C12H16BrNO2/c1-2-3-12(4-5-12)8-14-7-9(13)6-10(14)11(15)16/h6-7H,2-5,8H2,1H3,(H,15,16). The zero-order valence-corrected chi connectivity index (χ0v) is 11.0. The van der Waals surface area contributed by atoms with Gasteiger partial charge in [0, 0.05) is 17.2 Å². The van der Waals surface area contributed by atoms with Crippen molar-refractivity contribution in [2.45, 2.75) is 39.2 Å². The van der Waals surface area contributed by atoms with Gasteiger partial charge in [0.2, 0.25) is 0 Å². The van der Waals surface area contributed by atoms with E-state index in [0.29, 0.717) is 11.1 Å². The zero-order chi connectivity index (χ0) is 11.8. The van der Waals surface area contributed by atoms with Gasteiger partial charge in [-0.2, -0.15) is 0 Å². The van der Waals surface area contributed by atoms with E-state index in [0.717, 1.165) is 11.0 Å². The quantitative estimate of drug-likeness (QED) is 0.899. The number of halogens is 1. The van der Waals surface area contributed by atoms with Crippen LogP contribution < -0.4 is 0 Å². The molecule has 0 atom stereocenters. The highest BCUT2D eigenvalue weighted by molar-refractivity contribution is 9.10. The average Bonchev–Trinajstić information content (AvgIpc) is 2.83. The first-order chi connectivity index (χ1) is 7.56. The Kier molecular flexibility index (Phi) is 3.10. The van der Waals surface area contributed by atoms with Gasteiger partial charge < -0.3 is 9.67 Å². The molecular weight excluding hydrogens is 270 g/mol. The number of carbonyl (C=O) groups is 1. The molecule has 3 nitrogen and oxygen atoms in total. The summed E-state index contributed by atoms with van der Waals surface area (Å²) in [5, 5.41) is 9.08. The van der Waals surface area contributed by atoms with Gasteiger partial charge in [0.05, 0.1) is 0 Å². The van der Waals surface area contributed by atoms with E-state index in [2.05, 4.69) is 22.9 Å². The van der Waals surface area contributed by atoms with Gasteiger partial charge in [0.25, 0.3) is 0 Å². The summed E-state index contributed by atoms with van der Waals surface area (Å²) in [6.07, 6.45) is 6.71. The van der Waals surface area contributed by atoms with Crippen LogP contribution in [0.25, 0.3) is 0 Å². The van der Waals surface area contributed by atoms with Crippen LogP contribution in [0, 0.1) is 5.41 Å². The van der Waals surface area contributed by atoms with Gasteiger partial charge in [-0.3, -0.25) is 0 Å². The summed E-state index contributed by atoms with van der Waals surface area (Å²) in [4.78, 5) is 11.1. The first-order valence-corrected chi connectivity index (χ1v) is 6.45. The molecule has 4 heteroatoms. The summed E-state index contributed by atoms with van der Waals surface area (Å²) in [6.45, 7) is 3.03. The number of aromatic carboxylic acids is 1. The van der Waals surface area contributed by atoms with Crippen LogP contribution in [0.4, 0.5) is 0 Å². The summed E-state index contributed by atoms with van der Waals surface area (Å²) in [5.41, 5.74) is 0.756. The van der Waals surface area contributed by atoms with Crippen molar-refractivity contribution >= 4 is 21.9 Å². The molecule has 0 aromatic carbocycles. The second-order valence-corrected chi connectivity index (χ2v) is 5.64. The van der Waals surface area contributed by atoms with Gasteiger partial charge in [-0.05, 0) is 46.7 Å². The van der Waals surface area contributed by atoms with E-state index in [4.69, 9.17) is 5.11 Å². The molecule has 0 saturated heterocycles. The maximum atomic E-state index is 11.1. The largest absolute Gasteiger partial charge is 0.477 e. The number of rotatable bonds is 5. The Hall–Kier alpha value is -0.770. The zero-order valence-electron chi connectivity index (χ0n) is 9.37. The van der Waals surface area contributed by atoms with E-state index in [-0.39, 0.29) is 0 Å². The number of aromatic nitrogens is 1. The summed E-state index contributed by atoms with van der Waals surface area (Å²) in [6, 6.07) is 1.67. The molecule has 1 heterocycles. The normalized spacial score (nSPS) is 17.4. The number of hydrogen-bond donors (Lipinski definition) is 1. The van der Waals surface area contributed by atoms with Gasteiger partial charge in [-0.25, -0.2) is 4.79 Å². The van der Waals surface area contributed by atoms with E-state index in [1.807, 2.05) is 10.8 Å². The van der Waals surface area contributed by atoms with E-state index in [1.54, 1.807) is 6.07 Å². The fourth-order valence-corrected chi connectivity index (χ4v) is 2.80. The van der Waals surface area contributed by atoms with Crippen LogP contribution in [0.2, 0.25) is 0 Å². The average molecular weight is 286 g/mol. The van der Waals surface area contributed by atoms with Crippen LogP contribution in [0.1, 0.15) is 43.1 Å². The molecule has 1 aliphatic carbocycles. The van der Waals surface area contributed by atoms with Crippen LogP contribution in [0.3, 0.4) is 0 Å². The van der Waals surface area contributed by atoms with Gasteiger partial charge in [0.15, 0.2) is 0 Å². The summed E-state index contributed by atoms with van der Waals surface area (Å²) < 4.78 is 2.71. The van der Waals surface area contributed by atoms with Crippen molar-refractivity contribution in [2.75, 3.05) is 0 Å². The SMILES string of the molecule is CCCC1(Cn2cc(Br)cc2C(=O)O)CC1. The third-order valence-electron chi connectivity index (χ3n) is 3.33. The molecule has 2 rings (SSSR count). The molecule has 0 aliphatic heterocycles. The monoisotopic (exact) mass is 285 g/mol. The predicted octanol–water partition coefficient (Wildman–Crippen LogP) is 3.53. The van der Waals surface area contributed by atoms with Gasteiger partial charge in [0.1, 0.15) is 5.69 Å². The number of carboxylic acid groups (broad SMARTS) is 1. The molecule has 1 N–H and O–H groups in total. The summed E-state index contributed by atoms with van der Waals surface area (Å²) in [7, 11) is 0. The van der Waals surface area contributed by atoms with Gasteiger partial charge in [-0.1, -0.05) is 13.3 Å². The second kappa shape index (κ2) is 4.24. The first kappa shape index (κ1) is 11.7. The van der Waals surface area contributed by atoms with Crippen LogP contribution in [-0.2, 0) is 6.54 Å². The molecule has 16 heavy (non-hydrogen) atoms. The van der Waals surface area contributed by atoms with Crippen molar-refractivity contribution in [3.8, 4) is 0 Å². The molecule has 0 radical (unpaired) electrons. The molecule has 1 fully saturated rings. The molecule has 0 amide bonds. The molecule has 1 saturated carbocycles. The van der Waals surface area contributed by atoms with Crippen molar-refractivity contribution in [1.82, 2.24) is 4.57 Å². The third-order valence-corrected chi connectivity index (χ3v) is 3.76. The lowest BCUT2D eigenvalue weighted by Gasteiger charge is -2.16. The predicted molar refractivity (Wildman–Crippen MR) is 65.7 cm³/mol. The second-order valence-electron chi connectivity index (χ2n) is 4.73. The van der Waals surface area contributed by atoms with Gasteiger partial charge in [-0.15, -0.1) is 0 Å². The Balaban J connectivity index is 2.18. The van der Waals surface area contributed by atoms with Crippen molar-refractivity contribution in [3.63, 3.8) is 0 Å². The Bertz CT molecular complexity index is 407. The minimum absolute atomic E-state index is 0.372. The Morgan fingerprint density at radius 1 is 1.62 bits per heavy atom. The molecular formula is C12H16BrNO2. The number of hydrogen-bond acceptors (Lipinski definition) is 1. The molecule has 0 unspecified atom stereocenters. The van der Waals surface area contributed by atoms with Crippen molar-refractivity contribution < 1.29 is 9.90 Å². The number of carboxylic acids is 1. The lowest BCUT2D eigenvalue weighted by atomic mass is 10.0. The van der Waals surface area contributed by atoms with Crippen LogP contribution in [0.5, 0.6) is 0 Å². The minimum Gasteiger partial charge on any atom is -0.477 e. The maximum absolute atomic E-state index is 11.1. The molecule has 1 aliphatic rings. The fourth-order valence-electron chi connectivity index (χ4n) is 2.34. The lowest BCUT2D eigenvalue weighted by Crippen LogP contribution is -2.15. The molecule has 1 aromatic rings. The topological polar surface area (TPSA) is 42.2 Å². The van der Waals surface area contributed by atoms with E-state index in [9.17, 15) is 4.79 Å². The Morgan fingerprint density at radius 3 is 2.81 bits per heavy atom. The molecule has 88 valence electrons. The smallest absolute Gasteiger partial charge is 0.352 e. The van der Waals surface area contributed by atoms with Crippen LogP contribution >= 0.6 is 15.9 Å². The minimum atomic E-state index is -0.849. The third kappa shape index (κ3) is 2.32. The fraction of sp³-hybridized carbons (Fsp3) is 0.583. The Labute approximate surface area is 104 Å². The summed E-state index contributed by atoms with van der Waals surface area (Å²) >= 11 is 3.33. The van der Waals surface area contributed by atoms with E-state index < -0.39 is 5.97 Å². The van der Waals surface area contributed by atoms with Gasteiger partial charge >= 0.3 is 5.97 Å². The van der Waals surface area contributed by atoms with E-state index >= 15 is 0 Å². The van der Waals surface area contributed by atoms with Crippen molar-refractivity contribution in [1.29, 1.82) is 0 Å².